The molecule has 4 nitrogen and oxygen atoms in total. The van der Waals surface area contributed by atoms with Crippen LogP contribution in [0.2, 0.25) is 0 Å². The van der Waals surface area contributed by atoms with Crippen molar-refractivity contribution >= 4 is 23.2 Å². The van der Waals surface area contributed by atoms with Gasteiger partial charge in [0.05, 0.1) is 17.4 Å². The van der Waals surface area contributed by atoms with E-state index in [2.05, 4.69) is 0 Å². The van der Waals surface area contributed by atoms with E-state index in [0.29, 0.717) is 0 Å². The average molecular weight is 428 g/mol. The molecule has 0 aromatic heterocycles. The number of amides is 2. The summed E-state index contributed by atoms with van der Waals surface area (Å²) < 4.78 is 56.9. The molecule has 4 rings (SSSR count). The van der Waals surface area contributed by atoms with E-state index in [0.717, 1.165) is 41.3 Å². The smallest absolute Gasteiger partial charge is 0.264 e. The minimum absolute atomic E-state index is 0.133. The Morgan fingerprint density at radius 3 is 1.68 bits per heavy atom. The lowest BCUT2D eigenvalue weighted by Gasteiger charge is -2.41. The average Bonchev–Trinajstić information content (AvgIpc) is 2.72. The maximum absolute atomic E-state index is 14.2. The van der Waals surface area contributed by atoms with E-state index in [1.165, 1.54) is 17.0 Å². The second-order valence-electron chi connectivity index (χ2n) is 7.12. The minimum atomic E-state index is -1.01. The van der Waals surface area contributed by atoms with Gasteiger partial charge in [0.2, 0.25) is 0 Å². The lowest BCUT2D eigenvalue weighted by molar-refractivity contribution is 0.0943. The lowest BCUT2D eigenvalue weighted by atomic mass is 10.0. The van der Waals surface area contributed by atoms with Crippen LogP contribution in [0.5, 0.6) is 0 Å². The zero-order valence-electron chi connectivity index (χ0n) is 16.3. The Hall–Kier alpha value is -3.68. The molecule has 0 unspecified atom stereocenters. The summed E-state index contributed by atoms with van der Waals surface area (Å²) in [5.74, 6) is -5.88. The summed E-state index contributed by atoms with van der Waals surface area (Å²) in [7, 11) is 0. The van der Waals surface area contributed by atoms with Gasteiger partial charge >= 0.3 is 0 Å². The molecule has 0 saturated carbocycles. The van der Waals surface area contributed by atoms with Crippen molar-refractivity contribution in [3.8, 4) is 0 Å². The molecule has 0 saturated heterocycles. The van der Waals surface area contributed by atoms with E-state index in [4.69, 9.17) is 0 Å². The van der Waals surface area contributed by atoms with E-state index in [1.54, 1.807) is 19.1 Å². The number of para-hydroxylation sites is 2. The number of anilines is 2. The highest BCUT2D eigenvalue weighted by Gasteiger charge is 2.38. The van der Waals surface area contributed by atoms with Crippen molar-refractivity contribution in [1.29, 1.82) is 0 Å². The van der Waals surface area contributed by atoms with Gasteiger partial charge in [0.15, 0.2) is 0 Å². The van der Waals surface area contributed by atoms with E-state index in [-0.39, 0.29) is 17.9 Å². The molecular weight excluding hydrogens is 412 g/mol. The van der Waals surface area contributed by atoms with Crippen LogP contribution in [0.3, 0.4) is 0 Å². The van der Waals surface area contributed by atoms with Crippen LogP contribution in [0.25, 0.3) is 0 Å². The summed E-state index contributed by atoms with van der Waals surface area (Å²) in [4.78, 5) is 28.5. The molecule has 1 heterocycles. The van der Waals surface area contributed by atoms with Crippen LogP contribution in [-0.4, -0.2) is 24.4 Å². The predicted molar refractivity (Wildman–Crippen MR) is 107 cm³/mol. The van der Waals surface area contributed by atoms with E-state index in [9.17, 15) is 27.2 Å². The van der Waals surface area contributed by atoms with Crippen molar-refractivity contribution in [2.24, 2.45) is 0 Å². The molecule has 0 aliphatic carbocycles. The Morgan fingerprint density at radius 1 is 0.710 bits per heavy atom. The number of carbonyl (C=O) groups is 2. The fraction of sp³-hybridized carbons (Fsp3) is 0.130. The first kappa shape index (κ1) is 20.6. The van der Waals surface area contributed by atoms with Crippen molar-refractivity contribution in [2.75, 3.05) is 16.3 Å². The molecule has 0 N–H and O–H groups in total. The Balaban J connectivity index is 1.80. The van der Waals surface area contributed by atoms with Gasteiger partial charge in [-0.25, -0.2) is 17.6 Å². The lowest BCUT2D eigenvalue weighted by Crippen LogP contribution is -2.52. The summed E-state index contributed by atoms with van der Waals surface area (Å²) in [6.07, 6.45) is 0. The first-order valence-electron chi connectivity index (χ1n) is 9.43. The summed E-state index contributed by atoms with van der Waals surface area (Å²) >= 11 is 0. The van der Waals surface area contributed by atoms with Crippen LogP contribution in [0, 0.1) is 23.3 Å². The molecule has 0 spiro atoms. The molecule has 3 aromatic carbocycles. The molecule has 158 valence electrons. The monoisotopic (exact) mass is 428 g/mol. The molecule has 0 radical (unpaired) electrons. The summed E-state index contributed by atoms with van der Waals surface area (Å²) in [6.45, 7) is 1.44. The molecule has 1 aliphatic heterocycles. The second kappa shape index (κ2) is 7.86. The van der Waals surface area contributed by atoms with Crippen molar-refractivity contribution in [1.82, 2.24) is 0 Å². The van der Waals surface area contributed by atoms with Gasteiger partial charge in [0.1, 0.15) is 34.4 Å². The first-order valence-corrected chi connectivity index (χ1v) is 9.43. The third kappa shape index (κ3) is 3.43. The summed E-state index contributed by atoms with van der Waals surface area (Å²) in [5.41, 5.74) is -1.05. The van der Waals surface area contributed by atoms with Crippen molar-refractivity contribution in [3.63, 3.8) is 0 Å². The van der Waals surface area contributed by atoms with Gasteiger partial charge in [-0.1, -0.05) is 24.3 Å². The van der Waals surface area contributed by atoms with Crippen LogP contribution < -0.4 is 9.80 Å². The summed E-state index contributed by atoms with van der Waals surface area (Å²) in [6, 6.07) is 11.6. The highest BCUT2D eigenvalue weighted by Crippen LogP contribution is 2.38. The van der Waals surface area contributed by atoms with Gasteiger partial charge in [-0.05, 0) is 43.3 Å². The van der Waals surface area contributed by atoms with Crippen LogP contribution in [0.4, 0.5) is 28.9 Å². The molecule has 2 amide bonds. The minimum Gasteiger partial charge on any atom is -0.304 e. The van der Waals surface area contributed by atoms with Gasteiger partial charge in [-0.2, -0.15) is 0 Å². The Bertz CT molecular complexity index is 1160. The zero-order chi connectivity index (χ0) is 22.3. The van der Waals surface area contributed by atoms with Crippen molar-refractivity contribution < 1.29 is 27.2 Å². The molecule has 8 heteroatoms. The highest BCUT2D eigenvalue weighted by molar-refractivity contribution is 6.14. The highest BCUT2D eigenvalue weighted by atomic mass is 19.1. The maximum atomic E-state index is 14.2. The van der Waals surface area contributed by atoms with Crippen LogP contribution in [0.1, 0.15) is 27.6 Å². The Labute approximate surface area is 175 Å². The number of fused-ring (bicyclic) bond motifs is 1. The molecule has 1 aliphatic rings. The van der Waals surface area contributed by atoms with Crippen LogP contribution in [0.15, 0.2) is 60.7 Å². The molecular formula is C23H16F4N2O2. The number of benzene rings is 3. The van der Waals surface area contributed by atoms with Crippen LogP contribution in [-0.2, 0) is 0 Å². The third-order valence-corrected chi connectivity index (χ3v) is 5.14. The van der Waals surface area contributed by atoms with Gasteiger partial charge in [-0.3, -0.25) is 9.59 Å². The first-order chi connectivity index (χ1) is 14.8. The van der Waals surface area contributed by atoms with E-state index >= 15 is 0 Å². The van der Waals surface area contributed by atoms with Crippen molar-refractivity contribution in [2.45, 2.75) is 13.0 Å². The van der Waals surface area contributed by atoms with E-state index < -0.39 is 52.3 Å². The molecule has 1 atom stereocenters. The molecule has 0 bridgehead atoms. The number of carbonyl (C=O) groups excluding carboxylic acids is 2. The molecule has 31 heavy (non-hydrogen) atoms. The fourth-order valence-electron chi connectivity index (χ4n) is 3.74. The van der Waals surface area contributed by atoms with Crippen molar-refractivity contribution in [3.05, 3.63) is 95.1 Å². The number of nitrogens with zero attached hydrogens (tertiary/aromatic N) is 2. The second-order valence-corrected chi connectivity index (χ2v) is 7.12. The van der Waals surface area contributed by atoms with Gasteiger partial charge in [0, 0.05) is 6.54 Å². The zero-order valence-corrected chi connectivity index (χ0v) is 16.3. The Kier molecular flexibility index (Phi) is 5.22. The van der Waals surface area contributed by atoms with Crippen LogP contribution >= 0.6 is 0 Å². The number of halogens is 4. The van der Waals surface area contributed by atoms with Gasteiger partial charge in [0.25, 0.3) is 11.8 Å². The third-order valence-electron chi connectivity index (χ3n) is 5.14. The van der Waals surface area contributed by atoms with Gasteiger partial charge < -0.3 is 9.80 Å². The molecule has 3 aromatic rings. The predicted octanol–water partition coefficient (Wildman–Crippen LogP) is 4.94. The quantitative estimate of drug-likeness (QED) is 0.543. The number of rotatable bonds is 2. The SMILES string of the molecule is C[C@@H]1CN(C(=O)c2c(F)cccc2F)c2ccccc2N1C(=O)c1c(F)cccc1F. The summed E-state index contributed by atoms with van der Waals surface area (Å²) in [5, 5.41) is 0. The fourth-order valence-corrected chi connectivity index (χ4v) is 3.74. The maximum Gasteiger partial charge on any atom is 0.264 e. The largest absolute Gasteiger partial charge is 0.304 e. The topological polar surface area (TPSA) is 40.6 Å². The van der Waals surface area contributed by atoms with Gasteiger partial charge in [-0.15, -0.1) is 0 Å². The normalized spacial score (nSPS) is 15.6. The number of hydrogen-bond donors (Lipinski definition) is 0. The van der Waals surface area contributed by atoms with E-state index in [1.807, 2.05) is 0 Å². The molecule has 0 fully saturated rings. The standard InChI is InChI=1S/C23H16F4N2O2/c1-13-12-28(22(30)20-14(24)6-4-7-15(20)25)18-10-2-3-11-19(18)29(13)23(31)21-16(26)8-5-9-17(21)27/h2-11,13H,12H2,1H3/t13-/m1/s1. The number of hydrogen-bond acceptors (Lipinski definition) is 2. The Morgan fingerprint density at radius 2 is 1.16 bits per heavy atom.